The van der Waals surface area contributed by atoms with Crippen molar-refractivity contribution in [1.82, 2.24) is 0 Å². The zero-order valence-corrected chi connectivity index (χ0v) is 15.0. The first-order chi connectivity index (χ1) is 10.8. The highest BCUT2D eigenvalue weighted by Gasteiger charge is 2.23. The Bertz CT molecular complexity index is 568. The lowest BCUT2D eigenvalue weighted by atomic mass is 9.78. The van der Waals surface area contributed by atoms with Crippen LogP contribution in [-0.2, 0) is 5.41 Å². The second-order valence-corrected chi connectivity index (χ2v) is 7.37. The lowest BCUT2D eigenvalue weighted by Gasteiger charge is -2.26. The summed E-state index contributed by atoms with van der Waals surface area (Å²) >= 11 is 0. The Morgan fingerprint density at radius 3 is 1.48 bits per heavy atom. The highest BCUT2D eigenvalue weighted by Crippen LogP contribution is 2.36. The summed E-state index contributed by atoms with van der Waals surface area (Å²) in [7, 11) is -3.82. The Morgan fingerprint density at radius 1 is 0.739 bits per heavy atom. The Labute approximate surface area is 138 Å². The maximum atomic E-state index is 9.30. The minimum atomic E-state index is -2.40. The highest BCUT2D eigenvalue weighted by molar-refractivity contribution is 7.45. The molecule has 1 atom stereocenters. The Kier molecular flexibility index (Phi) is 5.96. The summed E-state index contributed by atoms with van der Waals surface area (Å²) in [6.07, 6.45) is 0. The molecule has 0 saturated carbocycles. The third-order valence-electron chi connectivity index (χ3n) is 3.58. The van der Waals surface area contributed by atoms with Gasteiger partial charge in [0.25, 0.3) is 0 Å². The molecule has 3 N–H and O–H groups in total. The minimum absolute atomic E-state index is 0.240. The number of hydrogen-bond donors (Lipinski definition) is 3. The van der Waals surface area contributed by atoms with Crippen molar-refractivity contribution in [2.75, 3.05) is 6.66 Å². The molecule has 124 valence electrons. The van der Waals surface area contributed by atoms with E-state index >= 15 is 0 Å². The molecule has 0 aliphatic carbocycles. The molecule has 23 heavy (non-hydrogen) atoms. The van der Waals surface area contributed by atoms with Gasteiger partial charge >= 0.3 is 8.60 Å². The molecule has 0 bridgehead atoms. The molecule has 0 radical (unpaired) electrons. The van der Waals surface area contributed by atoms with Gasteiger partial charge < -0.3 is 23.7 Å². The van der Waals surface area contributed by atoms with Crippen molar-refractivity contribution in [3.63, 3.8) is 0 Å². The number of hydrogen-bond acceptors (Lipinski definition) is 5. The van der Waals surface area contributed by atoms with Crippen LogP contribution in [0.5, 0.6) is 11.5 Å². The quantitative estimate of drug-likeness (QED) is 0.686. The first-order valence-electron chi connectivity index (χ1n) is 6.96. The molecule has 0 aromatic heterocycles. The van der Waals surface area contributed by atoms with Crippen LogP contribution < -0.4 is 9.05 Å². The predicted octanol–water partition coefficient (Wildman–Crippen LogP) is 3.92. The average molecular weight is 354 g/mol. The van der Waals surface area contributed by atoms with Gasteiger partial charge in [0.05, 0.1) is 0 Å². The van der Waals surface area contributed by atoms with Crippen molar-refractivity contribution in [1.29, 1.82) is 0 Å². The van der Waals surface area contributed by atoms with Crippen LogP contribution in [-0.4, -0.2) is 21.3 Å². The second-order valence-electron chi connectivity index (χ2n) is 5.57. The van der Waals surface area contributed by atoms with E-state index in [0.29, 0.717) is 11.5 Å². The topological polar surface area (TPSA) is 79.2 Å². The summed E-state index contributed by atoms with van der Waals surface area (Å²) in [4.78, 5) is 27.0. The van der Waals surface area contributed by atoms with Gasteiger partial charge in [-0.2, -0.15) is 0 Å². The number of benzene rings is 2. The van der Waals surface area contributed by atoms with Crippen LogP contribution >= 0.6 is 17.0 Å². The van der Waals surface area contributed by atoms with E-state index in [1.807, 2.05) is 36.4 Å². The molecule has 2 aromatic carbocycles. The van der Waals surface area contributed by atoms with Crippen LogP contribution in [0, 0.1) is 0 Å². The van der Waals surface area contributed by atoms with E-state index in [0.717, 1.165) is 11.1 Å². The summed E-state index contributed by atoms with van der Waals surface area (Å²) in [6.45, 7) is 5.83. The van der Waals surface area contributed by atoms with E-state index in [2.05, 4.69) is 13.8 Å². The molecule has 0 saturated heterocycles. The molecule has 2 aromatic rings. The molecule has 7 heteroatoms. The zero-order chi connectivity index (χ0) is 17.0. The Morgan fingerprint density at radius 2 is 1.13 bits per heavy atom. The molecule has 0 spiro atoms. The maximum absolute atomic E-state index is 9.30. The van der Waals surface area contributed by atoms with Crippen LogP contribution in [0.2, 0.25) is 0 Å². The summed E-state index contributed by atoms with van der Waals surface area (Å²) in [5.74, 6) is 1.06. The van der Waals surface area contributed by atoms with Crippen molar-refractivity contribution >= 4 is 17.0 Å². The zero-order valence-electron chi connectivity index (χ0n) is 13.2. The van der Waals surface area contributed by atoms with Gasteiger partial charge in [0.2, 0.25) is 8.38 Å². The van der Waals surface area contributed by atoms with Gasteiger partial charge in [0.15, 0.2) is 0 Å². The van der Waals surface area contributed by atoms with Gasteiger partial charge in [0.1, 0.15) is 11.5 Å². The fraction of sp³-hybridized carbons (Fsp3) is 0.250. The van der Waals surface area contributed by atoms with Crippen molar-refractivity contribution in [2.24, 2.45) is 0 Å². The SMILES string of the molecule is CP(O)Oc1ccc(C(C)(C)c2ccc(OP(O)O)cc2)cc1. The molecule has 0 amide bonds. The Balaban J connectivity index is 2.19. The summed E-state index contributed by atoms with van der Waals surface area (Å²) < 4.78 is 10.2. The first kappa shape index (κ1) is 18.1. The number of rotatable bonds is 6. The van der Waals surface area contributed by atoms with Gasteiger partial charge in [-0.3, -0.25) is 0 Å². The van der Waals surface area contributed by atoms with E-state index in [4.69, 9.17) is 18.8 Å². The van der Waals surface area contributed by atoms with Crippen LogP contribution in [0.25, 0.3) is 0 Å². The van der Waals surface area contributed by atoms with E-state index < -0.39 is 17.0 Å². The first-order valence-corrected chi connectivity index (χ1v) is 9.79. The van der Waals surface area contributed by atoms with Gasteiger partial charge in [-0.25, -0.2) is 0 Å². The van der Waals surface area contributed by atoms with E-state index in [1.54, 1.807) is 18.8 Å². The van der Waals surface area contributed by atoms with E-state index in [9.17, 15) is 4.89 Å². The lowest BCUT2D eigenvalue weighted by Crippen LogP contribution is -2.18. The summed E-state index contributed by atoms with van der Waals surface area (Å²) in [6, 6.07) is 14.9. The van der Waals surface area contributed by atoms with E-state index in [-0.39, 0.29) is 5.41 Å². The van der Waals surface area contributed by atoms with Gasteiger partial charge in [0, 0.05) is 12.1 Å². The third-order valence-corrected chi connectivity index (χ3v) is 4.43. The molecule has 0 aliphatic heterocycles. The summed E-state index contributed by atoms with van der Waals surface area (Å²) in [5.41, 5.74) is 1.93. The van der Waals surface area contributed by atoms with Crippen molar-refractivity contribution < 1.29 is 23.7 Å². The molecule has 0 heterocycles. The van der Waals surface area contributed by atoms with Gasteiger partial charge in [-0.05, 0) is 35.4 Å². The van der Waals surface area contributed by atoms with E-state index in [1.165, 1.54) is 0 Å². The van der Waals surface area contributed by atoms with Crippen LogP contribution in [0.1, 0.15) is 25.0 Å². The van der Waals surface area contributed by atoms with Crippen LogP contribution in [0.15, 0.2) is 48.5 Å². The molecule has 1 unspecified atom stereocenters. The molecule has 5 nitrogen and oxygen atoms in total. The largest absolute Gasteiger partial charge is 0.448 e. The fourth-order valence-electron chi connectivity index (χ4n) is 2.28. The lowest BCUT2D eigenvalue weighted by molar-refractivity contribution is 0.375. The van der Waals surface area contributed by atoms with Crippen molar-refractivity contribution in [3.05, 3.63) is 59.7 Å². The highest BCUT2D eigenvalue weighted by atomic mass is 31.2. The fourth-order valence-corrected chi connectivity index (χ4v) is 3.02. The maximum Gasteiger partial charge on any atom is 0.391 e. The van der Waals surface area contributed by atoms with Crippen molar-refractivity contribution in [3.8, 4) is 11.5 Å². The molecule has 2 rings (SSSR count). The Hall–Kier alpha value is -1.22. The summed E-state index contributed by atoms with van der Waals surface area (Å²) in [5, 5.41) is 0. The molecular weight excluding hydrogens is 334 g/mol. The molecular formula is C16H20O5P2. The average Bonchev–Trinajstić information content (AvgIpc) is 2.47. The van der Waals surface area contributed by atoms with Gasteiger partial charge in [-0.15, -0.1) is 0 Å². The smallest absolute Gasteiger partial charge is 0.391 e. The minimum Gasteiger partial charge on any atom is -0.448 e. The monoisotopic (exact) mass is 354 g/mol. The second kappa shape index (κ2) is 7.57. The standard InChI is InChI=1S/C16H20O5P2/c1-16(2,12-4-8-14(9-5-12)20-22(3)17)13-6-10-15(11-7-13)21-23(18)19/h4-11,17-19H,1-3H3. The van der Waals surface area contributed by atoms with Crippen LogP contribution in [0.4, 0.5) is 0 Å². The normalized spacial score (nSPS) is 13.0. The predicted molar refractivity (Wildman–Crippen MR) is 92.7 cm³/mol. The third kappa shape index (κ3) is 4.87. The molecule has 0 fully saturated rings. The van der Waals surface area contributed by atoms with Crippen molar-refractivity contribution in [2.45, 2.75) is 19.3 Å². The molecule has 0 aliphatic rings. The van der Waals surface area contributed by atoms with Gasteiger partial charge in [-0.1, -0.05) is 38.1 Å². The van der Waals surface area contributed by atoms with Crippen LogP contribution in [0.3, 0.4) is 0 Å².